The number of carbonyl (C=O) groups is 1. The van der Waals surface area contributed by atoms with Gasteiger partial charge in [0.25, 0.3) is 5.91 Å². The molecule has 0 aliphatic heterocycles. The molecule has 7 heteroatoms. The van der Waals surface area contributed by atoms with E-state index in [1.807, 2.05) is 6.92 Å². The Balaban J connectivity index is 2.16. The van der Waals surface area contributed by atoms with Gasteiger partial charge in [-0.1, -0.05) is 6.92 Å². The van der Waals surface area contributed by atoms with Gasteiger partial charge in [0.1, 0.15) is 11.5 Å². The predicted octanol–water partition coefficient (Wildman–Crippen LogP) is 0.241. The van der Waals surface area contributed by atoms with Crippen LogP contribution in [0.15, 0.2) is 17.2 Å². The van der Waals surface area contributed by atoms with Crippen LogP contribution < -0.4 is 11.0 Å². The molecule has 1 amide bonds. The van der Waals surface area contributed by atoms with Crippen molar-refractivity contribution in [3.8, 4) is 0 Å². The predicted molar refractivity (Wildman–Crippen MR) is 57.3 cm³/mol. The quantitative estimate of drug-likeness (QED) is 0.596. The molecule has 0 saturated carbocycles. The molecule has 0 spiro atoms. The molecule has 0 fully saturated rings. The van der Waals surface area contributed by atoms with E-state index < -0.39 is 11.6 Å². The molecule has 2 heterocycles. The third-order valence-corrected chi connectivity index (χ3v) is 2.18. The SMILES string of the molecule is CCc1cn[nH]c1NC(=O)c1c[nH]c(=O)[nH]1. The van der Waals surface area contributed by atoms with Crippen LogP contribution in [0.4, 0.5) is 5.82 Å². The van der Waals surface area contributed by atoms with E-state index in [2.05, 4.69) is 25.5 Å². The summed E-state index contributed by atoms with van der Waals surface area (Å²) in [4.78, 5) is 27.2. The number of H-pyrrole nitrogens is 3. The Bertz CT molecular complexity index is 550. The third kappa shape index (κ3) is 1.88. The molecule has 0 aromatic carbocycles. The van der Waals surface area contributed by atoms with Crippen molar-refractivity contribution in [1.82, 2.24) is 20.2 Å². The van der Waals surface area contributed by atoms with Crippen LogP contribution in [0.2, 0.25) is 0 Å². The molecule has 2 rings (SSSR count). The van der Waals surface area contributed by atoms with Crippen LogP contribution in [-0.2, 0) is 6.42 Å². The minimum absolute atomic E-state index is 0.182. The van der Waals surface area contributed by atoms with Gasteiger partial charge in [-0.2, -0.15) is 5.10 Å². The van der Waals surface area contributed by atoms with Crippen molar-refractivity contribution >= 4 is 11.7 Å². The van der Waals surface area contributed by atoms with E-state index in [1.165, 1.54) is 6.20 Å². The number of rotatable bonds is 3. The van der Waals surface area contributed by atoms with Crippen molar-refractivity contribution < 1.29 is 4.79 Å². The summed E-state index contributed by atoms with van der Waals surface area (Å²) in [7, 11) is 0. The Morgan fingerprint density at radius 2 is 2.38 bits per heavy atom. The lowest BCUT2D eigenvalue weighted by Crippen LogP contribution is -2.15. The van der Waals surface area contributed by atoms with E-state index >= 15 is 0 Å². The van der Waals surface area contributed by atoms with Gasteiger partial charge in [0, 0.05) is 11.8 Å². The number of carbonyl (C=O) groups excluding carboxylic acids is 1. The van der Waals surface area contributed by atoms with Crippen molar-refractivity contribution in [2.24, 2.45) is 0 Å². The molecular formula is C9H11N5O2. The fraction of sp³-hybridized carbons (Fsp3) is 0.222. The van der Waals surface area contributed by atoms with Crippen molar-refractivity contribution in [3.05, 3.63) is 34.1 Å². The summed E-state index contributed by atoms with van der Waals surface area (Å²) in [6, 6.07) is 0. The molecule has 16 heavy (non-hydrogen) atoms. The van der Waals surface area contributed by atoms with Crippen LogP contribution in [0.1, 0.15) is 23.0 Å². The summed E-state index contributed by atoms with van der Waals surface area (Å²) in [5.74, 6) is 0.159. The number of imidazole rings is 1. The van der Waals surface area contributed by atoms with Gasteiger partial charge in [-0.3, -0.25) is 9.89 Å². The lowest BCUT2D eigenvalue weighted by atomic mass is 10.2. The molecule has 7 nitrogen and oxygen atoms in total. The smallest absolute Gasteiger partial charge is 0.312 e. The lowest BCUT2D eigenvalue weighted by molar-refractivity contribution is 0.102. The van der Waals surface area contributed by atoms with Crippen LogP contribution in [-0.4, -0.2) is 26.1 Å². The molecule has 0 bridgehead atoms. The summed E-state index contributed by atoms with van der Waals surface area (Å²) in [6.07, 6.45) is 3.73. The van der Waals surface area contributed by atoms with Crippen LogP contribution in [0, 0.1) is 0 Å². The molecule has 0 atom stereocenters. The van der Waals surface area contributed by atoms with Gasteiger partial charge in [-0.05, 0) is 6.42 Å². The van der Waals surface area contributed by atoms with E-state index in [4.69, 9.17) is 0 Å². The molecule has 4 N–H and O–H groups in total. The first-order valence-corrected chi connectivity index (χ1v) is 4.82. The maximum atomic E-state index is 11.6. The number of aryl methyl sites for hydroxylation is 1. The molecule has 0 radical (unpaired) electrons. The number of amides is 1. The number of anilines is 1. The summed E-state index contributed by atoms with van der Waals surface area (Å²) in [6.45, 7) is 1.96. The standard InChI is InChI=1S/C9H11N5O2/c1-2-5-3-11-14-7(5)13-8(15)6-4-10-9(16)12-6/h3-4H,2H2,1H3,(H2,10,12,16)(H2,11,13,14,15). The second-order valence-electron chi connectivity index (χ2n) is 3.23. The lowest BCUT2D eigenvalue weighted by Gasteiger charge is -2.01. The average molecular weight is 221 g/mol. The van der Waals surface area contributed by atoms with Gasteiger partial charge in [0.2, 0.25) is 0 Å². The number of aromatic nitrogens is 4. The van der Waals surface area contributed by atoms with Gasteiger partial charge in [-0.15, -0.1) is 0 Å². The molecule has 0 aliphatic carbocycles. The first kappa shape index (κ1) is 10.2. The fourth-order valence-electron chi connectivity index (χ4n) is 1.32. The van der Waals surface area contributed by atoms with Gasteiger partial charge < -0.3 is 15.3 Å². The number of aromatic amines is 3. The highest BCUT2D eigenvalue weighted by Crippen LogP contribution is 2.11. The first-order valence-electron chi connectivity index (χ1n) is 4.82. The van der Waals surface area contributed by atoms with E-state index in [0.717, 1.165) is 12.0 Å². The molecule has 84 valence electrons. The number of nitrogens with one attached hydrogen (secondary N) is 4. The highest BCUT2D eigenvalue weighted by atomic mass is 16.2. The molecule has 2 aromatic heterocycles. The molecule has 0 unspecified atom stereocenters. The van der Waals surface area contributed by atoms with Gasteiger partial charge in [-0.25, -0.2) is 4.79 Å². The average Bonchev–Trinajstić information content (AvgIpc) is 2.86. The maximum Gasteiger partial charge on any atom is 0.323 e. The minimum Gasteiger partial charge on any atom is -0.312 e. The van der Waals surface area contributed by atoms with Gasteiger partial charge >= 0.3 is 5.69 Å². The van der Waals surface area contributed by atoms with Crippen molar-refractivity contribution in [2.75, 3.05) is 5.32 Å². The second-order valence-corrected chi connectivity index (χ2v) is 3.23. The van der Waals surface area contributed by atoms with Gasteiger partial charge in [0.15, 0.2) is 0 Å². The Morgan fingerprint density at radius 1 is 1.56 bits per heavy atom. The second kappa shape index (κ2) is 4.05. The zero-order valence-electron chi connectivity index (χ0n) is 8.63. The fourth-order valence-corrected chi connectivity index (χ4v) is 1.32. The van der Waals surface area contributed by atoms with Crippen LogP contribution in [0.25, 0.3) is 0 Å². The Kier molecular flexibility index (Phi) is 2.59. The third-order valence-electron chi connectivity index (χ3n) is 2.18. The number of nitrogens with zero attached hydrogens (tertiary/aromatic N) is 1. The van der Waals surface area contributed by atoms with Crippen LogP contribution in [0.5, 0.6) is 0 Å². The number of hydrogen-bond acceptors (Lipinski definition) is 3. The van der Waals surface area contributed by atoms with Crippen LogP contribution >= 0.6 is 0 Å². The summed E-state index contributed by atoms with van der Waals surface area (Å²) in [5, 5.41) is 9.13. The topological polar surface area (TPSA) is 106 Å². The van der Waals surface area contributed by atoms with Crippen molar-refractivity contribution in [2.45, 2.75) is 13.3 Å². The van der Waals surface area contributed by atoms with E-state index in [0.29, 0.717) is 5.82 Å². The molecule has 0 saturated heterocycles. The maximum absolute atomic E-state index is 11.6. The normalized spacial score (nSPS) is 10.3. The molecule has 2 aromatic rings. The van der Waals surface area contributed by atoms with E-state index in [1.54, 1.807) is 6.20 Å². The summed E-state index contributed by atoms with van der Waals surface area (Å²) < 4.78 is 0. The molecule has 0 aliphatic rings. The summed E-state index contributed by atoms with van der Waals surface area (Å²) in [5.41, 5.74) is 0.679. The highest BCUT2D eigenvalue weighted by molar-refractivity contribution is 6.02. The zero-order chi connectivity index (χ0) is 11.5. The number of hydrogen-bond donors (Lipinski definition) is 4. The van der Waals surface area contributed by atoms with Crippen molar-refractivity contribution in [1.29, 1.82) is 0 Å². The van der Waals surface area contributed by atoms with Crippen molar-refractivity contribution in [3.63, 3.8) is 0 Å². The summed E-state index contributed by atoms with van der Waals surface area (Å²) >= 11 is 0. The Labute approximate surface area is 90.3 Å². The molecular weight excluding hydrogens is 210 g/mol. The Morgan fingerprint density at radius 3 is 3.00 bits per heavy atom. The Hall–Kier alpha value is -2.31. The van der Waals surface area contributed by atoms with E-state index in [9.17, 15) is 9.59 Å². The zero-order valence-corrected chi connectivity index (χ0v) is 8.63. The minimum atomic E-state index is -0.412. The van der Waals surface area contributed by atoms with Gasteiger partial charge in [0.05, 0.1) is 6.20 Å². The first-order chi connectivity index (χ1) is 7.70. The monoisotopic (exact) mass is 221 g/mol. The largest absolute Gasteiger partial charge is 0.323 e. The van der Waals surface area contributed by atoms with Crippen LogP contribution in [0.3, 0.4) is 0 Å². The van der Waals surface area contributed by atoms with E-state index in [-0.39, 0.29) is 5.69 Å². The highest BCUT2D eigenvalue weighted by Gasteiger charge is 2.11.